The minimum atomic E-state index is -0.615. The Morgan fingerprint density at radius 2 is 2.06 bits per heavy atom. The Balaban J connectivity index is 2.18. The van der Waals surface area contributed by atoms with Gasteiger partial charge in [-0.25, -0.2) is 9.97 Å². The zero-order valence-corrected chi connectivity index (χ0v) is 10.1. The topological polar surface area (TPSA) is 54.9 Å². The van der Waals surface area contributed by atoms with E-state index in [2.05, 4.69) is 15.3 Å². The van der Waals surface area contributed by atoms with Crippen LogP contribution < -0.4 is 5.32 Å². The van der Waals surface area contributed by atoms with Gasteiger partial charge >= 0.3 is 0 Å². The molecule has 0 saturated heterocycles. The highest BCUT2D eigenvalue weighted by atomic mass is 19.1. The van der Waals surface area contributed by atoms with E-state index in [1.54, 1.807) is 6.07 Å². The van der Waals surface area contributed by atoms with Crippen LogP contribution in [0.1, 0.15) is 21.6 Å². The van der Waals surface area contributed by atoms with Crippen molar-refractivity contribution < 1.29 is 9.18 Å². The van der Waals surface area contributed by atoms with Crippen molar-refractivity contribution in [2.75, 3.05) is 5.32 Å². The quantitative estimate of drug-likeness (QED) is 0.827. The Morgan fingerprint density at radius 1 is 1.28 bits per heavy atom. The molecule has 0 radical (unpaired) electrons. The molecule has 18 heavy (non-hydrogen) atoms. The molecule has 4 nitrogen and oxygen atoms in total. The number of amides is 1. The summed E-state index contributed by atoms with van der Waals surface area (Å²) < 4.78 is 12.6. The SMILES string of the molecule is Cc1cc(C)nc(NC(=O)c2ccc(F)nc2)c1. The number of halogens is 1. The Morgan fingerprint density at radius 3 is 2.67 bits per heavy atom. The number of carbonyl (C=O) groups excluding carboxylic acids is 1. The molecule has 0 unspecified atom stereocenters. The fourth-order valence-electron chi connectivity index (χ4n) is 1.60. The Bertz CT molecular complexity index is 561. The van der Waals surface area contributed by atoms with Crippen LogP contribution in [0.4, 0.5) is 10.2 Å². The first-order valence-electron chi connectivity index (χ1n) is 5.43. The molecular formula is C13H12FN3O. The molecule has 0 atom stereocenters. The number of carbonyl (C=O) groups is 1. The van der Waals surface area contributed by atoms with E-state index in [9.17, 15) is 9.18 Å². The van der Waals surface area contributed by atoms with Crippen LogP contribution in [0.2, 0.25) is 0 Å². The average molecular weight is 245 g/mol. The van der Waals surface area contributed by atoms with Gasteiger partial charge in [0.05, 0.1) is 5.56 Å². The molecule has 2 heterocycles. The van der Waals surface area contributed by atoms with Gasteiger partial charge in [-0.2, -0.15) is 4.39 Å². The molecule has 0 spiro atoms. The summed E-state index contributed by atoms with van der Waals surface area (Å²) in [5, 5.41) is 2.65. The van der Waals surface area contributed by atoms with E-state index in [0.29, 0.717) is 5.82 Å². The first kappa shape index (κ1) is 12.2. The smallest absolute Gasteiger partial charge is 0.258 e. The van der Waals surface area contributed by atoms with Crippen molar-refractivity contribution in [1.29, 1.82) is 0 Å². The lowest BCUT2D eigenvalue weighted by atomic mass is 10.2. The second kappa shape index (κ2) is 4.91. The summed E-state index contributed by atoms with van der Waals surface area (Å²) in [4.78, 5) is 19.5. The third kappa shape index (κ3) is 2.88. The highest BCUT2D eigenvalue weighted by Crippen LogP contribution is 2.10. The van der Waals surface area contributed by atoms with Gasteiger partial charge in [-0.3, -0.25) is 4.79 Å². The highest BCUT2D eigenvalue weighted by Gasteiger charge is 2.08. The van der Waals surface area contributed by atoms with Crippen molar-refractivity contribution in [3.05, 3.63) is 53.2 Å². The minimum absolute atomic E-state index is 0.289. The van der Waals surface area contributed by atoms with E-state index in [4.69, 9.17) is 0 Å². The van der Waals surface area contributed by atoms with Crippen molar-refractivity contribution >= 4 is 11.7 Å². The lowest BCUT2D eigenvalue weighted by molar-refractivity contribution is 0.102. The lowest BCUT2D eigenvalue weighted by Gasteiger charge is -2.06. The second-order valence-corrected chi connectivity index (χ2v) is 3.99. The zero-order chi connectivity index (χ0) is 13.1. The van der Waals surface area contributed by atoms with Gasteiger partial charge in [0.25, 0.3) is 5.91 Å². The summed E-state index contributed by atoms with van der Waals surface area (Å²) in [5.41, 5.74) is 2.12. The second-order valence-electron chi connectivity index (χ2n) is 3.99. The van der Waals surface area contributed by atoms with Crippen LogP contribution in [-0.2, 0) is 0 Å². The standard InChI is InChI=1S/C13H12FN3O/c1-8-5-9(2)16-12(6-8)17-13(18)10-3-4-11(14)15-7-10/h3-7H,1-2H3,(H,16,17,18). The Kier molecular flexibility index (Phi) is 3.32. The third-order valence-corrected chi connectivity index (χ3v) is 2.33. The fourth-order valence-corrected chi connectivity index (χ4v) is 1.60. The molecular weight excluding hydrogens is 233 g/mol. The number of rotatable bonds is 2. The van der Waals surface area contributed by atoms with E-state index >= 15 is 0 Å². The molecule has 2 aromatic heterocycles. The van der Waals surface area contributed by atoms with Gasteiger partial charge < -0.3 is 5.32 Å². The van der Waals surface area contributed by atoms with E-state index in [0.717, 1.165) is 17.3 Å². The van der Waals surface area contributed by atoms with Crippen LogP contribution in [-0.4, -0.2) is 15.9 Å². The van der Waals surface area contributed by atoms with Gasteiger partial charge in [-0.1, -0.05) is 0 Å². The van der Waals surface area contributed by atoms with Gasteiger partial charge in [0, 0.05) is 11.9 Å². The van der Waals surface area contributed by atoms with Crippen molar-refractivity contribution in [1.82, 2.24) is 9.97 Å². The first-order valence-corrected chi connectivity index (χ1v) is 5.43. The molecule has 92 valence electrons. The van der Waals surface area contributed by atoms with Crippen LogP contribution in [0.5, 0.6) is 0 Å². The molecule has 2 rings (SSSR count). The van der Waals surface area contributed by atoms with E-state index in [1.165, 1.54) is 12.3 Å². The largest absolute Gasteiger partial charge is 0.306 e. The van der Waals surface area contributed by atoms with Gasteiger partial charge in [0.1, 0.15) is 5.82 Å². The maximum atomic E-state index is 12.6. The molecule has 1 amide bonds. The van der Waals surface area contributed by atoms with Crippen LogP contribution in [0.15, 0.2) is 30.5 Å². The summed E-state index contributed by atoms with van der Waals surface area (Å²) in [6.45, 7) is 3.77. The molecule has 5 heteroatoms. The minimum Gasteiger partial charge on any atom is -0.306 e. The first-order chi connectivity index (χ1) is 8.54. The number of hydrogen-bond donors (Lipinski definition) is 1. The fraction of sp³-hybridized carbons (Fsp3) is 0.154. The number of anilines is 1. The molecule has 1 N–H and O–H groups in total. The molecule has 0 fully saturated rings. The number of nitrogens with one attached hydrogen (secondary N) is 1. The zero-order valence-electron chi connectivity index (χ0n) is 10.1. The van der Waals surface area contributed by atoms with Gasteiger partial charge in [-0.05, 0) is 43.7 Å². The molecule has 2 aromatic rings. The number of pyridine rings is 2. The summed E-state index contributed by atoms with van der Waals surface area (Å²) in [6, 6.07) is 6.20. The van der Waals surface area contributed by atoms with Crippen LogP contribution >= 0.6 is 0 Å². The summed E-state index contributed by atoms with van der Waals surface area (Å²) in [6.07, 6.45) is 1.19. The van der Waals surface area contributed by atoms with E-state index < -0.39 is 5.95 Å². The highest BCUT2D eigenvalue weighted by molar-refractivity contribution is 6.03. The normalized spacial score (nSPS) is 10.2. The lowest BCUT2D eigenvalue weighted by Crippen LogP contribution is -2.13. The maximum absolute atomic E-state index is 12.6. The molecule has 0 aromatic carbocycles. The van der Waals surface area contributed by atoms with E-state index in [1.807, 2.05) is 19.9 Å². The van der Waals surface area contributed by atoms with Crippen molar-refractivity contribution in [3.63, 3.8) is 0 Å². The molecule has 0 aliphatic rings. The van der Waals surface area contributed by atoms with Gasteiger partial charge in [0.2, 0.25) is 5.95 Å². The average Bonchev–Trinajstić information content (AvgIpc) is 2.28. The van der Waals surface area contributed by atoms with Crippen molar-refractivity contribution in [2.45, 2.75) is 13.8 Å². The summed E-state index contributed by atoms with van der Waals surface area (Å²) in [7, 11) is 0. The molecule has 0 aliphatic heterocycles. The van der Waals surface area contributed by atoms with Crippen molar-refractivity contribution in [3.8, 4) is 0 Å². The number of nitrogens with zero attached hydrogens (tertiary/aromatic N) is 2. The summed E-state index contributed by atoms with van der Waals surface area (Å²) >= 11 is 0. The predicted molar refractivity (Wildman–Crippen MR) is 65.9 cm³/mol. The molecule has 0 saturated carbocycles. The monoisotopic (exact) mass is 245 g/mol. The number of aryl methyl sites for hydroxylation is 2. The van der Waals surface area contributed by atoms with E-state index in [-0.39, 0.29) is 11.5 Å². The number of hydrogen-bond acceptors (Lipinski definition) is 3. The van der Waals surface area contributed by atoms with Crippen LogP contribution in [0.3, 0.4) is 0 Å². The molecule has 0 aliphatic carbocycles. The van der Waals surface area contributed by atoms with Crippen molar-refractivity contribution in [2.24, 2.45) is 0 Å². The number of aromatic nitrogens is 2. The maximum Gasteiger partial charge on any atom is 0.258 e. The van der Waals surface area contributed by atoms with Crippen LogP contribution in [0.25, 0.3) is 0 Å². The Hall–Kier alpha value is -2.30. The third-order valence-electron chi connectivity index (χ3n) is 2.33. The van der Waals surface area contributed by atoms with Gasteiger partial charge in [0.15, 0.2) is 0 Å². The predicted octanol–water partition coefficient (Wildman–Crippen LogP) is 2.48. The van der Waals surface area contributed by atoms with Crippen LogP contribution in [0, 0.1) is 19.8 Å². The van der Waals surface area contributed by atoms with Gasteiger partial charge in [-0.15, -0.1) is 0 Å². The Labute approximate surface area is 104 Å². The molecule has 0 bridgehead atoms. The summed E-state index contributed by atoms with van der Waals surface area (Å²) in [5.74, 6) is -0.502.